The highest BCUT2D eigenvalue weighted by atomic mass is 35.5. The van der Waals surface area contributed by atoms with E-state index in [0.29, 0.717) is 32.8 Å². The van der Waals surface area contributed by atoms with Crippen LogP contribution >= 0.6 is 11.6 Å². The van der Waals surface area contributed by atoms with Gasteiger partial charge in [-0.15, -0.1) is 0 Å². The third-order valence-corrected chi connectivity index (χ3v) is 6.74. The number of aromatic amines is 1. The molecule has 0 saturated heterocycles. The first-order chi connectivity index (χ1) is 18.5. The van der Waals surface area contributed by atoms with E-state index in [0.717, 1.165) is 22.2 Å². The smallest absolute Gasteiger partial charge is 0.317 e. The molecule has 0 saturated carbocycles. The standard InChI is InChI=1S/C30H21ClN4O3/c1-35-12-6-10-21(35)15-26(36)38-25-17-33-30-23(29(25)37)16-22(27(34-30)18-7-3-2-4-8-18)20-13-19-9-5-11-32-28(19)24(31)14-20/h2-14,16-17H,15H2,1H3,(H,33,34,37). The zero-order chi connectivity index (χ0) is 26.2. The second-order valence-electron chi connectivity index (χ2n) is 8.92. The number of aryl methyl sites for hydroxylation is 1. The highest BCUT2D eigenvalue weighted by Crippen LogP contribution is 2.36. The van der Waals surface area contributed by atoms with Crippen LogP contribution in [0.5, 0.6) is 5.75 Å². The maximum atomic E-state index is 13.5. The third-order valence-electron chi connectivity index (χ3n) is 6.45. The summed E-state index contributed by atoms with van der Waals surface area (Å²) < 4.78 is 7.30. The van der Waals surface area contributed by atoms with Crippen LogP contribution in [0.2, 0.25) is 5.02 Å². The van der Waals surface area contributed by atoms with Crippen molar-refractivity contribution in [3.8, 4) is 28.1 Å². The SMILES string of the molecule is Cn1cccc1CC(=O)Oc1c[nH]c2nc(-c3ccccc3)c(-c3cc(Cl)c4ncccc4c3)cc2c1=O. The minimum atomic E-state index is -0.528. The van der Waals surface area contributed by atoms with E-state index in [2.05, 4.69) is 9.97 Å². The highest BCUT2D eigenvalue weighted by molar-refractivity contribution is 6.35. The molecule has 6 rings (SSSR count). The van der Waals surface area contributed by atoms with Gasteiger partial charge in [0.25, 0.3) is 0 Å². The summed E-state index contributed by atoms with van der Waals surface area (Å²) in [5.74, 6) is -0.614. The van der Waals surface area contributed by atoms with Crippen LogP contribution in [-0.2, 0) is 18.3 Å². The van der Waals surface area contributed by atoms with Crippen molar-refractivity contribution in [1.82, 2.24) is 19.5 Å². The topological polar surface area (TPSA) is 89.9 Å². The van der Waals surface area contributed by atoms with Gasteiger partial charge in [0, 0.05) is 47.8 Å². The van der Waals surface area contributed by atoms with Gasteiger partial charge >= 0.3 is 5.97 Å². The fraction of sp³-hybridized carbons (Fsp3) is 0.0667. The lowest BCUT2D eigenvalue weighted by atomic mass is 9.97. The highest BCUT2D eigenvalue weighted by Gasteiger charge is 2.18. The summed E-state index contributed by atoms with van der Waals surface area (Å²) in [6.45, 7) is 0. The predicted molar refractivity (Wildman–Crippen MR) is 148 cm³/mol. The van der Waals surface area contributed by atoms with Crippen LogP contribution in [0.25, 0.3) is 44.3 Å². The second kappa shape index (κ2) is 9.61. The van der Waals surface area contributed by atoms with Crippen LogP contribution in [0.3, 0.4) is 0 Å². The van der Waals surface area contributed by atoms with E-state index in [-0.39, 0.29) is 12.2 Å². The van der Waals surface area contributed by atoms with Crippen molar-refractivity contribution in [1.29, 1.82) is 0 Å². The summed E-state index contributed by atoms with van der Waals surface area (Å²) in [4.78, 5) is 38.3. The van der Waals surface area contributed by atoms with Gasteiger partial charge < -0.3 is 14.3 Å². The Morgan fingerprint density at radius 3 is 2.66 bits per heavy atom. The maximum Gasteiger partial charge on any atom is 0.317 e. The number of esters is 1. The molecule has 0 unspecified atom stereocenters. The van der Waals surface area contributed by atoms with Gasteiger partial charge in [-0.1, -0.05) is 48.0 Å². The Morgan fingerprint density at radius 1 is 1.03 bits per heavy atom. The summed E-state index contributed by atoms with van der Waals surface area (Å²) >= 11 is 6.60. The van der Waals surface area contributed by atoms with Crippen molar-refractivity contribution in [3.63, 3.8) is 0 Å². The van der Waals surface area contributed by atoms with Crippen molar-refractivity contribution >= 4 is 39.5 Å². The predicted octanol–water partition coefficient (Wildman–Crippen LogP) is 5.95. The van der Waals surface area contributed by atoms with E-state index in [4.69, 9.17) is 21.3 Å². The van der Waals surface area contributed by atoms with Crippen LogP contribution in [0.4, 0.5) is 0 Å². The first-order valence-corrected chi connectivity index (χ1v) is 12.3. The maximum absolute atomic E-state index is 13.5. The summed E-state index contributed by atoms with van der Waals surface area (Å²) in [5, 5.41) is 1.66. The van der Waals surface area contributed by atoms with Crippen LogP contribution < -0.4 is 10.2 Å². The van der Waals surface area contributed by atoms with Crippen LogP contribution in [0.15, 0.2) is 96.2 Å². The molecular weight excluding hydrogens is 500 g/mol. The summed E-state index contributed by atoms with van der Waals surface area (Å²) in [6.07, 6.45) is 4.97. The van der Waals surface area contributed by atoms with Gasteiger partial charge in [0.2, 0.25) is 5.43 Å². The Morgan fingerprint density at radius 2 is 1.87 bits per heavy atom. The average Bonchev–Trinajstić information content (AvgIpc) is 3.34. The number of rotatable bonds is 5. The van der Waals surface area contributed by atoms with Crippen molar-refractivity contribution in [2.75, 3.05) is 0 Å². The molecule has 0 radical (unpaired) electrons. The van der Waals surface area contributed by atoms with Gasteiger partial charge in [-0.05, 0) is 42.0 Å². The fourth-order valence-electron chi connectivity index (χ4n) is 4.53. The minimum absolute atomic E-state index is 0.0427. The summed E-state index contributed by atoms with van der Waals surface area (Å²) in [6, 6.07) is 22.7. The van der Waals surface area contributed by atoms with Gasteiger partial charge in [0.1, 0.15) is 5.65 Å². The number of hydrogen-bond donors (Lipinski definition) is 1. The molecule has 0 aliphatic rings. The molecule has 0 atom stereocenters. The van der Waals surface area contributed by atoms with Gasteiger partial charge in [-0.2, -0.15) is 0 Å². The number of ether oxygens (including phenoxy) is 1. The quantitative estimate of drug-likeness (QED) is 0.284. The molecule has 0 aliphatic heterocycles. The molecule has 2 aromatic carbocycles. The zero-order valence-electron chi connectivity index (χ0n) is 20.3. The van der Waals surface area contributed by atoms with Crippen molar-refractivity contribution in [2.45, 2.75) is 6.42 Å². The largest absolute Gasteiger partial charge is 0.420 e. The third kappa shape index (κ3) is 4.33. The summed E-state index contributed by atoms with van der Waals surface area (Å²) in [7, 11) is 1.85. The van der Waals surface area contributed by atoms with E-state index < -0.39 is 11.4 Å². The number of nitrogens with one attached hydrogen (secondary N) is 1. The average molecular weight is 521 g/mol. The summed E-state index contributed by atoms with van der Waals surface area (Å²) in [5.41, 5.74) is 4.49. The zero-order valence-corrected chi connectivity index (χ0v) is 21.1. The van der Waals surface area contributed by atoms with Gasteiger partial charge in [-0.3, -0.25) is 14.6 Å². The molecule has 6 aromatic rings. The monoisotopic (exact) mass is 520 g/mol. The number of nitrogens with zero attached hydrogens (tertiary/aromatic N) is 3. The first-order valence-electron chi connectivity index (χ1n) is 12.0. The van der Waals surface area contributed by atoms with Gasteiger partial charge in [0.05, 0.1) is 28.0 Å². The number of halogens is 1. The number of H-pyrrole nitrogens is 1. The van der Waals surface area contributed by atoms with Gasteiger partial charge in [-0.25, -0.2) is 4.98 Å². The lowest BCUT2D eigenvalue weighted by molar-refractivity contribution is -0.133. The lowest BCUT2D eigenvalue weighted by Crippen LogP contribution is -2.18. The number of carbonyl (C=O) groups excluding carboxylic acids is 1. The molecule has 0 bridgehead atoms. The Labute approximate surface area is 222 Å². The molecule has 0 aliphatic carbocycles. The molecule has 8 heteroatoms. The van der Waals surface area contributed by atoms with Crippen molar-refractivity contribution in [2.24, 2.45) is 7.05 Å². The van der Waals surface area contributed by atoms with Crippen molar-refractivity contribution < 1.29 is 9.53 Å². The number of hydrogen-bond acceptors (Lipinski definition) is 5. The van der Waals surface area contributed by atoms with E-state index in [9.17, 15) is 9.59 Å². The minimum Gasteiger partial charge on any atom is -0.420 e. The number of fused-ring (bicyclic) bond motifs is 2. The molecule has 186 valence electrons. The molecule has 7 nitrogen and oxygen atoms in total. The molecule has 0 spiro atoms. The molecule has 4 aromatic heterocycles. The number of carbonyl (C=O) groups is 1. The lowest BCUT2D eigenvalue weighted by Gasteiger charge is -2.13. The van der Waals surface area contributed by atoms with E-state index in [1.807, 2.05) is 84.5 Å². The Kier molecular flexibility index (Phi) is 5.98. The van der Waals surface area contributed by atoms with E-state index in [1.54, 1.807) is 12.3 Å². The molecular formula is C30H21ClN4O3. The Balaban J connectivity index is 1.50. The fourth-order valence-corrected chi connectivity index (χ4v) is 4.81. The van der Waals surface area contributed by atoms with Crippen LogP contribution in [0, 0.1) is 0 Å². The van der Waals surface area contributed by atoms with Crippen LogP contribution in [0.1, 0.15) is 5.69 Å². The van der Waals surface area contributed by atoms with Crippen molar-refractivity contribution in [3.05, 3.63) is 112 Å². The van der Waals surface area contributed by atoms with E-state index >= 15 is 0 Å². The normalized spacial score (nSPS) is 11.2. The first kappa shape index (κ1) is 23.6. The molecule has 0 amide bonds. The second-order valence-corrected chi connectivity index (χ2v) is 9.33. The molecule has 0 fully saturated rings. The molecule has 1 N–H and O–H groups in total. The van der Waals surface area contributed by atoms with Gasteiger partial charge in [0.15, 0.2) is 5.75 Å². The van der Waals surface area contributed by atoms with E-state index in [1.165, 1.54) is 6.20 Å². The van der Waals surface area contributed by atoms with Crippen LogP contribution in [-0.4, -0.2) is 25.5 Å². The number of aromatic nitrogens is 4. The molecule has 4 heterocycles. The number of benzene rings is 2. The molecule has 38 heavy (non-hydrogen) atoms. The number of pyridine rings is 3. The Hall–Kier alpha value is -4.75. The Bertz CT molecular complexity index is 1890.